The van der Waals surface area contributed by atoms with E-state index >= 15 is 0 Å². The first kappa shape index (κ1) is 18.0. The molecule has 0 bridgehead atoms. The zero-order chi connectivity index (χ0) is 16.5. The molecule has 5 heteroatoms. The smallest absolute Gasteiger partial charge is 0.220 e. The number of carbonyl (C=O) groups is 2. The van der Waals surface area contributed by atoms with E-state index in [9.17, 15) is 9.59 Å². The van der Waals surface area contributed by atoms with Gasteiger partial charge in [-0.3, -0.25) is 9.59 Å². The number of amides is 1. The number of Topliss-reactive ketones (excluding diaryl/α,β-unsaturated/α-hetero) is 1. The third-order valence-corrected chi connectivity index (χ3v) is 4.42. The fourth-order valence-electron chi connectivity index (χ4n) is 2.79. The Hall–Kier alpha value is -1.39. The summed E-state index contributed by atoms with van der Waals surface area (Å²) in [6.45, 7) is 4.27. The number of ketones is 1. The first-order valence-corrected chi connectivity index (χ1v) is 8.81. The van der Waals surface area contributed by atoms with Gasteiger partial charge in [0, 0.05) is 30.0 Å². The highest BCUT2D eigenvalue weighted by Gasteiger charge is 2.11. The van der Waals surface area contributed by atoms with Gasteiger partial charge in [0.1, 0.15) is 0 Å². The van der Waals surface area contributed by atoms with Crippen LogP contribution in [0.15, 0.2) is 24.3 Å². The maximum atomic E-state index is 12.0. The maximum Gasteiger partial charge on any atom is 0.220 e. The molecule has 1 fully saturated rings. The van der Waals surface area contributed by atoms with E-state index in [2.05, 4.69) is 10.2 Å². The summed E-state index contributed by atoms with van der Waals surface area (Å²) < 4.78 is 0. The van der Waals surface area contributed by atoms with Crippen LogP contribution in [0, 0.1) is 0 Å². The minimum absolute atomic E-state index is 0.0224. The van der Waals surface area contributed by atoms with Crippen molar-refractivity contribution in [2.24, 2.45) is 0 Å². The van der Waals surface area contributed by atoms with Crippen LogP contribution in [0.2, 0.25) is 5.02 Å². The van der Waals surface area contributed by atoms with Crippen LogP contribution >= 0.6 is 11.6 Å². The number of likely N-dealkylation sites (tertiary alicyclic amines) is 1. The highest BCUT2D eigenvalue weighted by Crippen LogP contribution is 2.12. The molecule has 23 heavy (non-hydrogen) atoms. The Labute approximate surface area is 143 Å². The van der Waals surface area contributed by atoms with Gasteiger partial charge in [0.15, 0.2) is 5.78 Å². The van der Waals surface area contributed by atoms with Crippen molar-refractivity contribution in [3.8, 4) is 0 Å². The SMILES string of the molecule is O=C(CCC(=O)c1ccc(Cl)cc1)NCCCCN1CCCC1. The minimum Gasteiger partial charge on any atom is -0.356 e. The standard InChI is InChI=1S/C18H25ClN2O2/c19-16-7-5-15(6-8-16)17(22)9-10-18(23)20-11-1-2-12-21-13-3-4-14-21/h5-8H,1-4,9-14H2,(H,20,23). The van der Waals surface area contributed by atoms with Gasteiger partial charge in [0.25, 0.3) is 0 Å². The molecule has 0 unspecified atom stereocenters. The molecule has 4 nitrogen and oxygen atoms in total. The molecule has 0 atom stereocenters. The molecule has 1 saturated heterocycles. The van der Waals surface area contributed by atoms with Gasteiger partial charge in [-0.25, -0.2) is 0 Å². The van der Waals surface area contributed by atoms with Crippen molar-refractivity contribution in [3.63, 3.8) is 0 Å². The normalized spacial score (nSPS) is 14.8. The average molecular weight is 337 g/mol. The molecule has 1 amide bonds. The Kier molecular flexibility index (Phi) is 7.56. The number of nitrogens with one attached hydrogen (secondary N) is 1. The van der Waals surface area contributed by atoms with Crippen LogP contribution in [0.4, 0.5) is 0 Å². The number of benzene rings is 1. The number of halogens is 1. The van der Waals surface area contributed by atoms with Gasteiger partial charge < -0.3 is 10.2 Å². The lowest BCUT2D eigenvalue weighted by Gasteiger charge is -2.13. The van der Waals surface area contributed by atoms with Crippen molar-refractivity contribution in [2.75, 3.05) is 26.2 Å². The van der Waals surface area contributed by atoms with Gasteiger partial charge in [0.2, 0.25) is 5.91 Å². The Balaban J connectivity index is 1.54. The average Bonchev–Trinajstić information content (AvgIpc) is 3.06. The summed E-state index contributed by atoms with van der Waals surface area (Å²) in [5.41, 5.74) is 0.604. The Morgan fingerprint density at radius 3 is 2.43 bits per heavy atom. The van der Waals surface area contributed by atoms with E-state index in [0.29, 0.717) is 17.1 Å². The zero-order valence-electron chi connectivity index (χ0n) is 13.5. The van der Waals surface area contributed by atoms with Crippen molar-refractivity contribution in [1.82, 2.24) is 10.2 Å². The maximum absolute atomic E-state index is 12.0. The number of nitrogens with zero attached hydrogens (tertiary/aromatic N) is 1. The Morgan fingerprint density at radius 1 is 1.04 bits per heavy atom. The second-order valence-electron chi connectivity index (χ2n) is 6.04. The van der Waals surface area contributed by atoms with E-state index in [1.165, 1.54) is 25.9 Å². The van der Waals surface area contributed by atoms with Crippen molar-refractivity contribution in [1.29, 1.82) is 0 Å². The molecule has 126 valence electrons. The number of hydrogen-bond acceptors (Lipinski definition) is 3. The fourth-order valence-corrected chi connectivity index (χ4v) is 2.92. The Bertz CT molecular complexity index is 510. The molecule has 0 saturated carbocycles. The quantitative estimate of drug-likeness (QED) is 0.556. The molecule has 2 rings (SSSR count). The highest BCUT2D eigenvalue weighted by molar-refractivity contribution is 6.30. The lowest BCUT2D eigenvalue weighted by atomic mass is 10.1. The van der Waals surface area contributed by atoms with E-state index in [1.54, 1.807) is 24.3 Å². The monoisotopic (exact) mass is 336 g/mol. The number of rotatable bonds is 9. The first-order chi connectivity index (χ1) is 11.1. The van der Waals surface area contributed by atoms with Crippen molar-refractivity contribution < 1.29 is 9.59 Å². The van der Waals surface area contributed by atoms with Crippen LogP contribution in [-0.4, -0.2) is 42.8 Å². The molecule has 1 aliphatic heterocycles. The summed E-state index contributed by atoms with van der Waals surface area (Å²) in [6.07, 6.45) is 5.23. The first-order valence-electron chi connectivity index (χ1n) is 8.43. The predicted molar refractivity (Wildman–Crippen MR) is 92.9 cm³/mol. The molecular formula is C18H25ClN2O2. The molecule has 0 aromatic heterocycles. The minimum atomic E-state index is -0.0477. The van der Waals surface area contributed by atoms with Crippen LogP contribution in [0.25, 0.3) is 0 Å². The van der Waals surface area contributed by atoms with E-state index in [4.69, 9.17) is 11.6 Å². The summed E-state index contributed by atoms with van der Waals surface area (Å²) in [5.74, 6) is -0.0701. The predicted octanol–water partition coefficient (Wildman–Crippen LogP) is 3.30. The van der Waals surface area contributed by atoms with E-state index in [1.807, 2.05) is 0 Å². The van der Waals surface area contributed by atoms with Crippen LogP contribution in [-0.2, 0) is 4.79 Å². The second-order valence-corrected chi connectivity index (χ2v) is 6.47. The molecular weight excluding hydrogens is 312 g/mol. The van der Waals surface area contributed by atoms with Gasteiger partial charge in [-0.05, 0) is 69.6 Å². The molecule has 1 N–H and O–H groups in total. The van der Waals surface area contributed by atoms with E-state index in [-0.39, 0.29) is 24.5 Å². The van der Waals surface area contributed by atoms with Crippen molar-refractivity contribution >= 4 is 23.3 Å². The van der Waals surface area contributed by atoms with Gasteiger partial charge in [-0.15, -0.1) is 0 Å². The Morgan fingerprint density at radius 2 is 1.74 bits per heavy atom. The second kappa shape index (κ2) is 9.68. The third-order valence-electron chi connectivity index (χ3n) is 4.17. The molecule has 0 aliphatic carbocycles. The number of unbranched alkanes of at least 4 members (excludes halogenated alkanes) is 1. The summed E-state index contributed by atoms with van der Waals surface area (Å²) >= 11 is 5.79. The third kappa shape index (κ3) is 6.71. The van der Waals surface area contributed by atoms with E-state index in [0.717, 1.165) is 19.4 Å². The summed E-state index contributed by atoms with van der Waals surface area (Å²) in [7, 11) is 0. The molecule has 0 spiro atoms. The van der Waals surface area contributed by atoms with E-state index < -0.39 is 0 Å². The fraction of sp³-hybridized carbons (Fsp3) is 0.556. The van der Waals surface area contributed by atoms with Gasteiger partial charge in [-0.1, -0.05) is 11.6 Å². The van der Waals surface area contributed by atoms with Crippen LogP contribution in [0.3, 0.4) is 0 Å². The molecule has 0 radical (unpaired) electrons. The topological polar surface area (TPSA) is 49.4 Å². The molecule has 1 heterocycles. The van der Waals surface area contributed by atoms with Gasteiger partial charge >= 0.3 is 0 Å². The summed E-state index contributed by atoms with van der Waals surface area (Å²) in [4.78, 5) is 26.2. The van der Waals surface area contributed by atoms with Crippen LogP contribution < -0.4 is 5.32 Å². The lowest BCUT2D eigenvalue weighted by Crippen LogP contribution is -2.26. The van der Waals surface area contributed by atoms with Crippen LogP contribution in [0.5, 0.6) is 0 Å². The largest absolute Gasteiger partial charge is 0.356 e. The van der Waals surface area contributed by atoms with Gasteiger partial charge in [0.05, 0.1) is 0 Å². The van der Waals surface area contributed by atoms with Gasteiger partial charge in [-0.2, -0.15) is 0 Å². The van der Waals surface area contributed by atoms with Crippen LogP contribution in [0.1, 0.15) is 48.9 Å². The number of carbonyl (C=O) groups excluding carboxylic acids is 2. The summed E-state index contributed by atoms with van der Waals surface area (Å²) in [5, 5.41) is 3.50. The lowest BCUT2D eigenvalue weighted by molar-refractivity contribution is -0.121. The van der Waals surface area contributed by atoms with Crippen molar-refractivity contribution in [3.05, 3.63) is 34.9 Å². The summed E-state index contributed by atoms with van der Waals surface area (Å²) in [6, 6.07) is 6.77. The number of hydrogen-bond donors (Lipinski definition) is 1. The highest BCUT2D eigenvalue weighted by atomic mass is 35.5. The van der Waals surface area contributed by atoms with Crippen molar-refractivity contribution in [2.45, 2.75) is 38.5 Å². The molecule has 1 aliphatic rings. The molecule has 1 aromatic carbocycles. The molecule has 1 aromatic rings. The zero-order valence-corrected chi connectivity index (χ0v) is 14.3.